The van der Waals surface area contributed by atoms with Crippen LogP contribution in [0.25, 0.3) is 0 Å². The van der Waals surface area contributed by atoms with E-state index in [1.807, 2.05) is 0 Å². The van der Waals surface area contributed by atoms with Crippen molar-refractivity contribution in [1.29, 1.82) is 0 Å². The first-order chi connectivity index (χ1) is 6.72. The maximum Gasteiger partial charge on any atom is 0.229 e. The molecule has 0 aliphatic heterocycles. The monoisotopic (exact) mass is 209 g/mol. The van der Waals surface area contributed by atoms with Gasteiger partial charge >= 0.3 is 0 Å². The SMILES string of the molecule is CNC(=O)CSCc1ccc(C)cc1. The zero-order valence-electron chi connectivity index (χ0n) is 8.54. The fourth-order valence-electron chi connectivity index (χ4n) is 1.02. The number of benzene rings is 1. The summed E-state index contributed by atoms with van der Waals surface area (Å²) in [6.45, 7) is 2.07. The van der Waals surface area contributed by atoms with Crippen molar-refractivity contribution in [3.63, 3.8) is 0 Å². The summed E-state index contributed by atoms with van der Waals surface area (Å²) in [5.74, 6) is 1.51. The van der Waals surface area contributed by atoms with Gasteiger partial charge in [-0.3, -0.25) is 4.79 Å². The summed E-state index contributed by atoms with van der Waals surface area (Å²) in [5, 5.41) is 2.60. The third-order valence-electron chi connectivity index (χ3n) is 1.90. The van der Waals surface area contributed by atoms with Crippen LogP contribution in [0, 0.1) is 6.92 Å². The van der Waals surface area contributed by atoms with Gasteiger partial charge in [0.25, 0.3) is 0 Å². The molecule has 76 valence electrons. The Morgan fingerprint density at radius 2 is 2.00 bits per heavy atom. The molecule has 0 spiro atoms. The second kappa shape index (κ2) is 5.70. The van der Waals surface area contributed by atoms with E-state index >= 15 is 0 Å². The van der Waals surface area contributed by atoms with Crippen molar-refractivity contribution in [3.05, 3.63) is 35.4 Å². The van der Waals surface area contributed by atoms with Crippen LogP contribution in [0.3, 0.4) is 0 Å². The number of rotatable bonds is 4. The predicted octanol–water partition coefficient (Wildman–Crippen LogP) is 1.97. The molecule has 1 amide bonds. The third kappa shape index (κ3) is 3.83. The number of carbonyl (C=O) groups excluding carboxylic acids is 1. The van der Waals surface area contributed by atoms with Crippen molar-refractivity contribution in [1.82, 2.24) is 5.32 Å². The molecule has 0 radical (unpaired) electrons. The minimum absolute atomic E-state index is 0.0853. The van der Waals surface area contributed by atoms with E-state index in [0.29, 0.717) is 5.75 Å². The molecule has 0 heterocycles. The molecule has 0 unspecified atom stereocenters. The number of carbonyl (C=O) groups is 1. The molecule has 0 aliphatic carbocycles. The Kier molecular flexibility index (Phi) is 4.53. The Labute approximate surface area is 89.1 Å². The van der Waals surface area contributed by atoms with E-state index in [9.17, 15) is 4.79 Å². The molecule has 1 aromatic carbocycles. The normalized spacial score (nSPS) is 9.86. The van der Waals surface area contributed by atoms with E-state index in [4.69, 9.17) is 0 Å². The van der Waals surface area contributed by atoms with Gasteiger partial charge in [0.2, 0.25) is 5.91 Å². The molecular formula is C11H15NOS. The van der Waals surface area contributed by atoms with E-state index in [1.54, 1.807) is 18.8 Å². The van der Waals surface area contributed by atoms with Gasteiger partial charge in [-0.05, 0) is 12.5 Å². The molecule has 0 saturated carbocycles. The summed E-state index contributed by atoms with van der Waals surface area (Å²) in [6.07, 6.45) is 0. The van der Waals surface area contributed by atoms with Crippen molar-refractivity contribution in [2.75, 3.05) is 12.8 Å². The maximum absolute atomic E-state index is 10.9. The van der Waals surface area contributed by atoms with Gasteiger partial charge in [0.15, 0.2) is 0 Å². The molecule has 0 saturated heterocycles. The Morgan fingerprint density at radius 3 is 2.57 bits per heavy atom. The Balaban J connectivity index is 2.31. The number of aryl methyl sites for hydroxylation is 1. The van der Waals surface area contributed by atoms with Gasteiger partial charge in [-0.1, -0.05) is 29.8 Å². The van der Waals surface area contributed by atoms with E-state index < -0.39 is 0 Å². The van der Waals surface area contributed by atoms with E-state index in [-0.39, 0.29) is 5.91 Å². The zero-order chi connectivity index (χ0) is 10.4. The smallest absolute Gasteiger partial charge is 0.229 e. The highest BCUT2D eigenvalue weighted by Gasteiger charge is 1.98. The van der Waals surface area contributed by atoms with Gasteiger partial charge in [-0.2, -0.15) is 0 Å². The molecule has 14 heavy (non-hydrogen) atoms. The summed E-state index contributed by atoms with van der Waals surface area (Å²) in [7, 11) is 1.66. The van der Waals surface area contributed by atoms with Crippen LogP contribution in [0.2, 0.25) is 0 Å². The zero-order valence-corrected chi connectivity index (χ0v) is 9.36. The van der Waals surface area contributed by atoms with Crippen LogP contribution < -0.4 is 5.32 Å². The lowest BCUT2D eigenvalue weighted by Crippen LogP contribution is -2.19. The fourth-order valence-corrected chi connectivity index (χ4v) is 1.88. The van der Waals surface area contributed by atoms with Crippen LogP contribution in [0.5, 0.6) is 0 Å². The molecule has 1 rings (SSSR count). The summed E-state index contributed by atoms with van der Waals surface area (Å²) < 4.78 is 0. The summed E-state index contributed by atoms with van der Waals surface area (Å²) in [5.41, 5.74) is 2.54. The van der Waals surface area contributed by atoms with E-state index in [0.717, 1.165) is 5.75 Å². The van der Waals surface area contributed by atoms with Gasteiger partial charge in [0, 0.05) is 12.8 Å². The number of hydrogen-bond donors (Lipinski definition) is 1. The van der Waals surface area contributed by atoms with E-state index in [1.165, 1.54) is 11.1 Å². The second-order valence-electron chi connectivity index (χ2n) is 3.15. The molecular weight excluding hydrogens is 194 g/mol. The van der Waals surface area contributed by atoms with Gasteiger partial charge in [-0.25, -0.2) is 0 Å². The summed E-state index contributed by atoms with van der Waals surface area (Å²) >= 11 is 1.63. The van der Waals surface area contributed by atoms with Crippen LogP contribution in [-0.2, 0) is 10.5 Å². The highest BCUT2D eigenvalue weighted by atomic mass is 32.2. The van der Waals surface area contributed by atoms with Crippen molar-refractivity contribution in [3.8, 4) is 0 Å². The van der Waals surface area contributed by atoms with Gasteiger partial charge in [0.1, 0.15) is 0 Å². The molecule has 1 N–H and O–H groups in total. The largest absolute Gasteiger partial charge is 0.358 e. The number of amides is 1. The highest BCUT2D eigenvalue weighted by Crippen LogP contribution is 2.12. The number of nitrogens with one attached hydrogen (secondary N) is 1. The average molecular weight is 209 g/mol. The van der Waals surface area contributed by atoms with Crippen LogP contribution >= 0.6 is 11.8 Å². The predicted molar refractivity (Wildman–Crippen MR) is 61.4 cm³/mol. The highest BCUT2D eigenvalue weighted by molar-refractivity contribution is 7.99. The fraction of sp³-hybridized carbons (Fsp3) is 0.364. The number of hydrogen-bond acceptors (Lipinski definition) is 2. The van der Waals surface area contributed by atoms with Crippen LogP contribution in [0.1, 0.15) is 11.1 Å². The van der Waals surface area contributed by atoms with Crippen molar-refractivity contribution < 1.29 is 4.79 Å². The lowest BCUT2D eigenvalue weighted by molar-refractivity contribution is -0.118. The summed E-state index contributed by atoms with van der Waals surface area (Å²) in [4.78, 5) is 10.9. The maximum atomic E-state index is 10.9. The lowest BCUT2D eigenvalue weighted by atomic mass is 10.2. The third-order valence-corrected chi connectivity index (χ3v) is 2.91. The lowest BCUT2D eigenvalue weighted by Gasteiger charge is -2.01. The topological polar surface area (TPSA) is 29.1 Å². The first-order valence-corrected chi connectivity index (χ1v) is 5.71. The molecule has 0 aliphatic rings. The Bertz CT molecular complexity index is 295. The minimum Gasteiger partial charge on any atom is -0.358 e. The van der Waals surface area contributed by atoms with Crippen LogP contribution in [0.15, 0.2) is 24.3 Å². The minimum atomic E-state index is 0.0853. The molecule has 0 fully saturated rings. The van der Waals surface area contributed by atoms with Crippen molar-refractivity contribution in [2.45, 2.75) is 12.7 Å². The van der Waals surface area contributed by atoms with Crippen molar-refractivity contribution in [2.24, 2.45) is 0 Å². The molecule has 2 nitrogen and oxygen atoms in total. The average Bonchev–Trinajstić information content (AvgIpc) is 2.21. The van der Waals surface area contributed by atoms with Gasteiger partial charge in [-0.15, -0.1) is 11.8 Å². The first kappa shape index (κ1) is 11.1. The van der Waals surface area contributed by atoms with Crippen LogP contribution in [-0.4, -0.2) is 18.7 Å². The van der Waals surface area contributed by atoms with Gasteiger partial charge in [0.05, 0.1) is 5.75 Å². The van der Waals surface area contributed by atoms with Crippen molar-refractivity contribution >= 4 is 17.7 Å². The summed E-state index contributed by atoms with van der Waals surface area (Å²) in [6, 6.07) is 8.39. The molecule has 0 atom stereocenters. The molecule has 3 heteroatoms. The first-order valence-electron chi connectivity index (χ1n) is 4.56. The van der Waals surface area contributed by atoms with Gasteiger partial charge < -0.3 is 5.32 Å². The standard InChI is InChI=1S/C11H15NOS/c1-9-3-5-10(6-4-9)7-14-8-11(13)12-2/h3-6H,7-8H2,1-2H3,(H,12,13). The second-order valence-corrected chi connectivity index (χ2v) is 4.14. The Hall–Kier alpha value is -0.960. The molecule has 1 aromatic rings. The number of thioether (sulfide) groups is 1. The quantitative estimate of drug-likeness (QED) is 0.821. The Morgan fingerprint density at radius 1 is 1.36 bits per heavy atom. The molecule has 0 aromatic heterocycles. The van der Waals surface area contributed by atoms with E-state index in [2.05, 4.69) is 36.5 Å². The van der Waals surface area contributed by atoms with Crippen LogP contribution in [0.4, 0.5) is 0 Å². The molecule has 0 bridgehead atoms.